The molecule has 0 radical (unpaired) electrons. The highest BCUT2D eigenvalue weighted by atomic mass is 35.5. The first-order valence-electron chi connectivity index (χ1n) is 8.35. The second-order valence-corrected chi connectivity index (χ2v) is 6.30. The number of rotatable bonds is 4. The molecular weight excluding hydrogens is 320 g/mol. The van der Waals surface area contributed by atoms with Crippen LogP contribution < -0.4 is 10.6 Å². The van der Waals surface area contributed by atoms with Gasteiger partial charge in [-0.2, -0.15) is 0 Å². The third-order valence-corrected chi connectivity index (χ3v) is 5.26. The number of amides is 1. The van der Waals surface area contributed by atoms with E-state index in [9.17, 15) is 4.79 Å². The normalized spacial score (nSPS) is 14.9. The first-order valence-corrected chi connectivity index (χ1v) is 8.35. The van der Waals surface area contributed by atoms with Crippen molar-refractivity contribution in [3.05, 3.63) is 65.2 Å². The molecule has 0 unspecified atom stereocenters. The number of hydrogen-bond donors (Lipinski definition) is 1. The summed E-state index contributed by atoms with van der Waals surface area (Å²) in [5.74, 6) is 0.0739. The second-order valence-electron chi connectivity index (χ2n) is 6.30. The number of nitrogens with zero attached hydrogens (tertiary/aromatic N) is 1. The van der Waals surface area contributed by atoms with E-state index in [1.165, 1.54) is 5.56 Å². The Morgan fingerprint density at radius 1 is 1.08 bits per heavy atom. The highest BCUT2D eigenvalue weighted by Gasteiger charge is 2.42. The van der Waals surface area contributed by atoms with Crippen LogP contribution in [0.15, 0.2) is 48.5 Å². The van der Waals surface area contributed by atoms with E-state index in [2.05, 4.69) is 32.0 Å². The summed E-state index contributed by atoms with van der Waals surface area (Å²) < 4.78 is 0. The number of carbonyl (C=O) groups is 1. The number of benzene rings is 2. The van der Waals surface area contributed by atoms with Gasteiger partial charge in [0.15, 0.2) is 0 Å². The monoisotopic (exact) mass is 344 g/mol. The molecule has 0 saturated carbocycles. The maximum atomic E-state index is 13.0. The number of anilines is 1. The highest BCUT2D eigenvalue weighted by molar-refractivity contribution is 6.07. The van der Waals surface area contributed by atoms with Crippen LogP contribution in [-0.4, -0.2) is 12.5 Å². The van der Waals surface area contributed by atoms with Crippen molar-refractivity contribution in [3.8, 4) is 0 Å². The molecule has 24 heavy (non-hydrogen) atoms. The lowest BCUT2D eigenvalue weighted by Crippen LogP contribution is -2.36. The Balaban J connectivity index is 0.00000208. The van der Waals surface area contributed by atoms with Gasteiger partial charge >= 0.3 is 0 Å². The lowest BCUT2D eigenvalue weighted by molar-refractivity contribution is 0.0984. The number of halogens is 1. The van der Waals surface area contributed by atoms with Crippen LogP contribution in [0.1, 0.15) is 48.2 Å². The van der Waals surface area contributed by atoms with Crippen molar-refractivity contribution in [1.29, 1.82) is 0 Å². The Kier molecular flexibility index (Phi) is 5.68. The summed E-state index contributed by atoms with van der Waals surface area (Å²) >= 11 is 0. The zero-order chi connectivity index (χ0) is 16.4. The standard InChI is InChI=1S/C20H24N2O.ClH/c1-3-20(4-2)14-22(18-8-6-5-7-17(18)20)19(23)16-11-9-15(13-21)10-12-16;/h5-12H,3-4,13-14,21H2,1-2H3;1H. The molecule has 0 fully saturated rings. The molecule has 2 aromatic rings. The SMILES string of the molecule is CCC1(CC)CN(C(=O)c2ccc(CN)cc2)c2ccccc21.Cl. The van der Waals surface area contributed by atoms with E-state index in [0.29, 0.717) is 6.54 Å². The number of nitrogens with two attached hydrogens (primary N) is 1. The molecule has 4 heteroatoms. The number of para-hydroxylation sites is 1. The zero-order valence-corrected chi connectivity index (χ0v) is 15.1. The van der Waals surface area contributed by atoms with E-state index >= 15 is 0 Å². The quantitative estimate of drug-likeness (QED) is 0.899. The largest absolute Gasteiger partial charge is 0.326 e. The van der Waals surface area contributed by atoms with Crippen LogP contribution >= 0.6 is 12.4 Å². The third kappa shape index (κ3) is 2.94. The Bertz CT molecular complexity index is 708. The molecule has 0 aromatic heterocycles. The van der Waals surface area contributed by atoms with Gasteiger partial charge < -0.3 is 10.6 Å². The van der Waals surface area contributed by atoms with Crippen LogP contribution in [0, 0.1) is 0 Å². The summed E-state index contributed by atoms with van der Waals surface area (Å²) in [7, 11) is 0. The topological polar surface area (TPSA) is 46.3 Å². The first-order chi connectivity index (χ1) is 11.1. The summed E-state index contributed by atoms with van der Waals surface area (Å²) in [5.41, 5.74) is 9.84. The summed E-state index contributed by atoms with van der Waals surface area (Å²) in [6.07, 6.45) is 2.08. The maximum absolute atomic E-state index is 13.0. The number of carbonyl (C=O) groups excluding carboxylic acids is 1. The van der Waals surface area contributed by atoms with Crippen LogP contribution in [0.4, 0.5) is 5.69 Å². The molecule has 2 N–H and O–H groups in total. The van der Waals surface area contributed by atoms with Crippen LogP contribution in [0.25, 0.3) is 0 Å². The molecular formula is C20H25ClN2O. The fourth-order valence-corrected chi connectivity index (χ4v) is 3.61. The van der Waals surface area contributed by atoms with Gasteiger partial charge in [-0.05, 0) is 42.2 Å². The van der Waals surface area contributed by atoms with Crippen molar-refractivity contribution < 1.29 is 4.79 Å². The van der Waals surface area contributed by atoms with Crippen LogP contribution in [-0.2, 0) is 12.0 Å². The second kappa shape index (κ2) is 7.37. The minimum Gasteiger partial charge on any atom is -0.326 e. The van der Waals surface area contributed by atoms with Crippen molar-refractivity contribution >= 4 is 24.0 Å². The van der Waals surface area contributed by atoms with Crippen molar-refractivity contribution in [1.82, 2.24) is 0 Å². The average molecular weight is 345 g/mol. The molecule has 1 amide bonds. The van der Waals surface area contributed by atoms with E-state index in [1.807, 2.05) is 35.2 Å². The summed E-state index contributed by atoms with van der Waals surface area (Å²) in [6.45, 7) is 5.68. The molecule has 3 rings (SSSR count). The predicted octanol–water partition coefficient (Wildman–Crippen LogP) is 4.29. The van der Waals surface area contributed by atoms with Crippen LogP contribution in [0.3, 0.4) is 0 Å². The molecule has 0 bridgehead atoms. The van der Waals surface area contributed by atoms with Gasteiger partial charge in [-0.25, -0.2) is 0 Å². The minimum atomic E-state index is 0. The summed E-state index contributed by atoms with van der Waals surface area (Å²) in [5, 5.41) is 0. The molecule has 3 nitrogen and oxygen atoms in total. The summed E-state index contributed by atoms with van der Waals surface area (Å²) in [6, 6.07) is 15.9. The van der Waals surface area contributed by atoms with Crippen LogP contribution in [0.5, 0.6) is 0 Å². The molecule has 0 atom stereocenters. The Labute approximate surface area is 150 Å². The molecule has 1 aliphatic rings. The first kappa shape index (κ1) is 18.5. The maximum Gasteiger partial charge on any atom is 0.258 e. The minimum absolute atomic E-state index is 0. The average Bonchev–Trinajstić information content (AvgIpc) is 2.96. The van der Waals surface area contributed by atoms with Gasteiger partial charge in [0.05, 0.1) is 0 Å². The van der Waals surface area contributed by atoms with Gasteiger partial charge in [0.1, 0.15) is 0 Å². The molecule has 1 aliphatic heterocycles. The van der Waals surface area contributed by atoms with E-state index < -0.39 is 0 Å². The van der Waals surface area contributed by atoms with Crippen molar-refractivity contribution in [3.63, 3.8) is 0 Å². The van der Waals surface area contributed by atoms with E-state index in [0.717, 1.165) is 36.2 Å². The van der Waals surface area contributed by atoms with Crippen molar-refractivity contribution in [2.45, 2.75) is 38.6 Å². The molecule has 0 spiro atoms. The predicted molar refractivity (Wildman–Crippen MR) is 102 cm³/mol. The van der Waals surface area contributed by atoms with E-state index in [1.54, 1.807) is 0 Å². The Morgan fingerprint density at radius 2 is 1.71 bits per heavy atom. The van der Waals surface area contributed by atoms with Gasteiger partial charge in [-0.1, -0.05) is 44.2 Å². The highest BCUT2D eigenvalue weighted by Crippen LogP contribution is 2.45. The molecule has 128 valence electrons. The Hall–Kier alpha value is -1.84. The van der Waals surface area contributed by atoms with Crippen LogP contribution in [0.2, 0.25) is 0 Å². The fraction of sp³-hybridized carbons (Fsp3) is 0.350. The molecule has 0 saturated heterocycles. The Morgan fingerprint density at radius 3 is 2.29 bits per heavy atom. The van der Waals surface area contributed by atoms with Crippen molar-refractivity contribution in [2.24, 2.45) is 5.73 Å². The van der Waals surface area contributed by atoms with Gasteiger partial charge in [0, 0.05) is 29.8 Å². The van der Waals surface area contributed by atoms with E-state index in [4.69, 9.17) is 5.73 Å². The van der Waals surface area contributed by atoms with Gasteiger partial charge in [0.2, 0.25) is 0 Å². The zero-order valence-electron chi connectivity index (χ0n) is 14.3. The van der Waals surface area contributed by atoms with Gasteiger partial charge in [-0.15, -0.1) is 12.4 Å². The number of fused-ring (bicyclic) bond motifs is 1. The fourth-order valence-electron chi connectivity index (χ4n) is 3.61. The smallest absolute Gasteiger partial charge is 0.258 e. The lowest BCUT2D eigenvalue weighted by atomic mass is 9.78. The number of hydrogen-bond acceptors (Lipinski definition) is 2. The molecule has 2 aromatic carbocycles. The van der Waals surface area contributed by atoms with Gasteiger partial charge in [-0.3, -0.25) is 4.79 Å². The molecule has 0 aliphatic carbocycles. The molecule has 1 heterocycles. The third-order valence-electron chi connectivity index (χ3n) is 5.26. The van der Waals surface area contributed by atoms with Crippen molar-refractivity contribution in [2.75, 3.05) is 11.4 Å². The van der Waals surface area contributed by atoms with E-state index in [-0.39, 0.29) is 23.7 Å². The lowest BCUT2D eigenvalue weighted by Gasteiger charge is -2.27. The summed E-state index contributed by atoms with van der Waals surface area (Å²) in [4.78, 5) is 15.0. The van der Waals surface area contributed by atoms with Gasteiger partial charge in [0.25, 0.3) is 5.91 Å².